The first-order valence-corrected chi connectivity index (χ1v) is 11.1. The number of piperidine rings is 1. The standard InChI is InChI=1S/C22H30N4O3/c1-15(27)25-9-7-17(8-10-25)21(28)26-13-22(14-26)18-11-23-20(24-19(18)12-29-22)16-5-3-2-4-6-16/h11,16-17H,2-10,12-14H2,1H3. The van der Waals surface area contributed by atoms with Gasteiger partial charge in [-0.25, -0.2) is 9.97 Å². The normalized spacial score (nSPS) is 24.4. The number of hydrogen-bond donors (Lipinski definition) is 0. The molecule has 5 rings (SSSR count). The molecule has 1 spiro atoms. The van der Waals surface area contributed by atoms with Crippen LogP contribution in [0.1, 0.15) is 74.9 Å². The van der Waals surface area contributed by atoms with E-state index in [1.807, 2.05) is 16.0 Å². The number of likely N-dealkylation sites (tertiary alicyclic amines) is 2. The fraction of sp³-hybridized carbons (Fsp3) is 0.727. The van der Waals surface area contributed by atoms with E-state index >= 15 is 0 Å². The molecule has 0 N–H and O–H groups in total. The molecule has 0 aromatic carbocycles. The first-order valence-electron chi connectivity index (χ1n) is 11.1. The van der Waals surface area contributed by atoms with Gasteiger partial charge in [-0.15, -0.1) is 0 Å². The highest BCUT2D eigenvalue weighted by Crippen LogP contribution is 2.44. The maximum atomic E-state index is 12.9. The van der Waals surface area contributed by atoms with E-state index in [4.69, 9.17) is 14.7 Å². The Hall–Kier alpha value is -2.02. The van der Waals surface area contributed by atoms with Crippen LogP contribution in [0.4, 0.5) is 0 Å². The van der Waals surface area contributed by atoms with E-state index in [0.717, 1.165) is 29.9 Å². The van der Waals surface area contributed by atoms with Crippen LogP contribution in [0.15, 0.2) is 6.20 Å². The van der Waals surface area contributed by atoms with Gasteiger partial charge >= 0.3 is 0 Å². The largest absolute Gasteiger partial charge is 0.360 e. The van der Waals surface area contributed by atoms with E-state index in [1.165, 1.54) is 32.1 Å². The molecular formula is C22H30N4O3. The van der Waals surface area contributed by atoms with Gasteiger partial charge in [0.15, 0.2) is 0 Å². The summed E-state index contributed by atoms with van der Waals surface area (Å²) in [7, 11) is 0. The van der Waals surface area contributed by atoms with Gasteiger partial charge in [-0.05, 0) is 25.7 Å². The molecule has 1 aliphatic carbocycles. The van der Waals surface area contributed by atoms with Crippen molar-refractivity contribution in [1.82, 2.24) is 19.8 Å². The van der Waals surface area contributed by atoms with Crippen LogP contribution in [0.2, 0.25) is 0 Å². The molecule has 156 valence electrons. The van der Waals surface area contributed by atoms with Gasteiger partial charge in [0.05, 0.1) is 25.4 Å². The van der Waals surface area contributed by atoms with E-state index in [1.54, 1.807) is 6.92 Å². The SMILES string of the molecule is CC(=O)N1CCC(C(=O)N2CC3(C2)OCc2nc(C4CCCCC4)ncc23)CC1. The summed E-state index contributed by atoms with van der Waals surface area (Å²) in [6.45, 7) is 4.67. The first kappa shape index (κ1) is 19.0. The highest BCUT2D eigenvalue weighted by atomic mass is 16.5. The maximum absolute atomic E-state index is 12.9. The summed E-state index contributed by atoms with van der Waals surface area (Å²) in [5.74, 6) is 1.80. The van der Waals surface area contributed by atoms with Crippen LogP contribution < -0.4 is 0 Å². The van der Waals surface area contributed by atoms with Crippen molar-refractivity contribution in [3.8, 4) is 0 Å². The molecule has 2 amide bonds. The molecule has 0 bridgehead atoms. The zero-order valence-corrected chi connectivity index (χ0v) is 17.2. The molecule has 3 aliphatic heterocycles. The monoisotopic (exact) mass is 398 g/mol. The Morgan fingerprint density at radius 2 is 1.79 bits per heavy atom. The smallest absolute Gasteiger partial charge is 0.226 e. The van der Waals surface area contributed by atoms with Gasteiger partial charge in [0, 0.05) is 43.6 Å². The molecule has 0 radical (unpaired) electrons. The van der Waals surface area contributed by atoms with E-state index < -0.39 is 5.60 Å². The third-order valence-electron chi connectivity index (χ3n) is 7.33. The van der Waals surface area contributed by atoms with Crippen molar-refractivity contribution < 1.29 is 14.3 Å². The molecule has 0 unspecified atom stereocenters. The summed E-state index contributed by atoms with van der Waals surface area (Å²) in [4.78, 5) is 37.7. The highest BCUT2D eigenvalue weighted by Gasteiger charge is 2.53. The third-order valence-corrected chi connectivity index (χ3v) is 7.33. The lowest BCUT2D eigenvalue weighted by Gasteiger charge is -2.48. The van der Waals surface area contributed by atoms with Gasteiger partial charge in [-0.3, -0.25) is 9.59 Å². The quantitative estimate of drug-likeness (QED) is 0.764. The number of amides is 2. The number of nitrogens with zero attached hydrogens (tertiary/aromatic N) is 4. The van der Waals surface area contributed by atoms with Gasteiger partial charge in [0.2, 0.25) is 11.8 Å². The van der Waals surface area contributed by atoms with Gasteiger partial charge in [-0.1, -0.05) is 19.3 Å². The van der Waals surface area contributed by atoms with Crippen molar-refractivity contribution in [3.05, 3.63) is 23.3 Å². The summed E-state index contributed by atoms with van der Waals surface area (Å²) >= 11 is 0. The van der Waals surface area contributed by atoms with E-state index in [0.29, 0.717) is 38.7 Å². The average molecular weight is 399 g/mol. The number of carbonyl (C=O) groups excluding carboxylic acids is 2. The fourth-order valence-electron chi connectivity index (χ4n) is 5.45. The van der Waals surface area contributed by atoms with E-state index in [-0.39, 0.29) is 17.7 Å². The zero-order chi connectivity index (χ0) is 20.0. The van der Waals surface area contributed by atoms with Crippen LogP contribution in [-0.2, 0) is 26.5 Å². The minimum Gasteiger partial charge on any atom is -0.360 e. The predicted molar refractivity (Wildman–Crippen MR) is 106 cm³/mol. The van der Waals surface area contributed by atoms with E-state index in [9.17, 15) is 9.59 Å². The van der Waals surface area contributed by atoms with Gasteiger partial charge in [-0.2, -0.15) is 0 Å². The second-order valence-corrected chi connectivity index (χ2v) is 9.18. The Kier molecular flexibility index (Phi) is 4.81. The maximum Gasteiger partial charge on any atom is 0.226 e. The lowest BCUT2D eigenvalue weighted by atomic mass is 9.84. The van der Waals surface area contributed by atoms with Gasteiger partial charge < -0.3 is 14.5 Å². The molecule has 4 aliphatic rings. The summed E-state index contributed by atoms with van der Waals surface area (Å²) in [5, 5.41) is 0. The molecule has 7 nitrogen and oxygen atoms in total. The van der Waals surface area contributed by atoms with Crippen molar-refractivity contribution in [2.75, 3.05) is 26.2 Å². The summed E-state index contributed by atoms with van der Waals surface area (Å²) < 4.78 is 6.16. The molecule has 2 saturated heterocycles. The number of rotatable bonds is 2. The molecule has 4 heterocycles. The third kappa shape index (κ3) is 3.33. The second-order valence-electron chi connectivity index (χ2n) is 9.18. The fourth-order valence-corrected chi connectivity index (χ4v) is 5.45. The minimum absolute atomic E-state index is 0.0220. The molecule has 29 heavy (non-hydrogen) atoms. The Balaban J connectivity index is 1.22. The number of carbonyl (C=O) groups is 2. The summed E-state index contributed by atoms with van der Waals surface area (Å²) in [6, 6.07) is 0. The van der Waals surface area contributed by atoms with Crippen LogP contribution >= 0.6 is 0 Å². The molecular weight excluding hydrogens is 368 g/mol. The summed E-state index contributed by atoms with van der Waals surface area (Å²) in [5.41, 5.74) is 1.69. The molecule has 1 saturated carbocycles. The van der Waals surface area contributed by atoms with Crippen LogP contribution in [0, 0.1) is 5.92 Å². The summed E-state index contributed by atoms with van der Waals surface area (Å²) in [6.07, 6.45) is 9.73. The Bertz CT molecular complexity index is 806. The minimum atomic E-state index is -0.407. The molecule has 1 aromatic heterocycles. The lowest BCUT2D eigenvalue weighted by Crippen LogP contribution is -2.62. The zero-order valence-electron chi connectivity index (χ0n) is 17.2. The number of aromatic nitrogens is 2. The first-order chi connectivity index (χ1) is 14.1. The van der Waals surface area contributed by atoms with Crippen molar-refractivity contribution in [1.29, 1.82) is 0 Å². The predicted octanol–water partition coefficient (Wildman–Crippen LogP) is 2.35. The molecule has 1 aromatic rings. The number of hydrogen-bond acceptors (Lipinski definition) is 5. The molecule has 3 fully saturated rings. The van der Waals surface area contributed by atoms with Crippen LogP contribution in [0.5, 0.6) is 0 Å². The average Bonchev–Trinajstić information content (AvgIpc) is 3.12. The van der Waals surface area contributed by atoms with E-state index in [2.05, 4.69) is 0 Å². The number of ether oxygens (including phenoxy) is 1. The number of fused-ring (bicyclic) bond motifs is 2. The van der Waals surface area contributed by atoms with Crippen molar-refractivity contribution in [2.24, 2.45) is 5.92 Å². The van der Waals surface area contributed by atoms with Crippen LogP contribution in [-0.4, -0.2) is 57.8 Å². The van der Waals surface area contributed by atoms with Gasteiger partial charge in [0.1, 0.15) is 11.4 Å². The topological polar surface area (TPSA) is 75.6 Å². The lowest BCUT2D eigenvalue weighted by molar-refractivity contribution is -0.173. The van der Waals surface area contributed by atoms with Crippen molar-refractivity contribution in [3.63, 3.8) is 0 Å². The Labute approximate surface area is 171 Å². The Morgan fingerprint density at radius 3 is 2.48 bits per heavy atom. The van der Waals surface area contributed by atoms with Gasteiger partial charge in [0.25, 0.3) is 0 Å². The molecule has 0 atom stereocenters. The Morgan fingerprint density at radius 1 is 1.07 bits per heavy atom. The second kappa shape index (κ2) is 7.35. The van der Waals surface area contributed by atoms with Crippen molar-refractivity contribution >= 4 is 11.8 Å². The molecule has 7 heteroatoms. The van der Waals surface area contributed by atoms with Crippen molar-refractivity contribution in [2.45, 2.75) is 70.0 Å². The van der Waals surface area contributed by atoms with Crippen LogP contribution in [0.25, 0.3) is 0 Å². The van der Waals surface area contributed by atoms with Crippen LogP contribution in [0.3, 0.4) is 0 Å². The highest BCUT2D eigenvalue weighted by molar-refractivity contribution is 5.81.